The van der Waals surface area contributed by atoms with E-state index in [0.29, 0.717) is 17.5 Å². The lowest BCUT2D eigenvalue weighted by Crippen LogP contribution is -2.26. The fourth-order valence-corrected chi connectivity index (χ4v) is 2.48. The Bertz CT molecular complexity index is 963. The number of hydrogen-bond donors (Lipinski definition) is 2. The summed E-state index contributed by atoms with van der Waals surface area (Å²) in [4.78, 5) is 16.3. The predicted molar refractivity (Wildman–Crippen MR) is 96.3 cm³/mol. The van der Waals surface area contributed by atoms with Crippen molar-refractivity contribution >= 4 is 17.4 Å². The standard InChI is InChI=1S/C20H16F3N3O/c21-15-5-6-18(17(23)12-15)26-19-11-14(8-9-24-19)20(27)25-10-7-13-3-1-2-4-16(13)22/h1-6,8-9,11-12H,7,10H2,(H,24,26)(H,25,27). The number of pyridine rings is 1. The molecule has 2 aromatic carbocycles. The number of carbonyl (C=O) groups excluding carboxylic acids is 1. The van der Waals surface area contributed by atoms with E-state index in [1.807, 2.05) is 0 Å². The van der Waals surface area contributed by atoms with Gasteiger partial charge >= 0.3 is 0 Å². The highest BCUT2D eigenvalue weighted by Crippen LogP contribution is 2.20. The number of aromatic nitrogens is 1. The molecular formula is C20H16F3N3O. The maximum absolute atomic E-state index is 13.7. The Balaban J connectivity index is 1.62. The van der Waals surface area contributed by atoms with Crippen LogP contribution in [-0.2, 0) is 6.42 Å². The van der Waals surface area contributed by atoms with E-state index in [2.05, 4.69) is 15.6 Å². The van der Waals surface area contributed by atoms with E-state index >= 15 is 0 Å². The summed E-state index contributed by atoms with van der Waals surface area (Å²) in [5.74, 6) is -1.90. The minimum absolute atomic E-state index is 0.0426. The molecule has 0 fully saturated rings. The quantitative estimate of drug-likeness (QED) is 0.682. The molecule has 1 aromatic heterocycles. The minimum Gasteiger partial charge on any atom is -0.352 e. The fraction of sp³-hybridized carbons (Fsp3) is 0.100. The van der Waals surface area contributed by atoms with Gasteiger partial charge in [-0.25, -0.2) is 18.2 Å². The topological polar surface area (TPSA) is 54.0 Å². The first-order chi connectivity index (χ1) is 13.0. The number of anilines is 2. The number of halogens is 3. The molecule has 0 radical (unpaired) electrons. The second-order valence-corrected chi connectivity index (χ2v) is 5.78. The first-order valence-corrected chi connectivity index (χ1v) is 8.22. The third kappa shape index (κ3) is 4.84. The molecule has 0 saturated heterocycles. The van der Waals surface area contributed by atoms with Crippen LogP contribution in [-0.4, -0.2) is 17.4 Å². The van der Waals surface area contributed by atoms with E-state index in [1.165, 1.54) is 30.5 Å². The Morgan fingerprint density at radius 2 is 1.78 bits per heavy atom. The van der Waals surface area contributed by atoms with E-state index in [9.17, 15) is 18.0 Å². The van der Waals surface area contributed by atoms with E-state index in [-0.39, 0.29) is 29.8 Å². The highest BCUT2D eigenvalue weighted by molar-refractivity contribution is 5.94. The van der Waals surface area contributed by atoms with Gasteiger partial charge in [-0.3, -0.25) is 4.79 Å². The molecule has 3 aromatic rings. The summed E-state index contributed by atoms with van der Waals surface area (Å²) in [6.07, 6.45) is 1.75. The highest BCUT2D eigenvalue weighted by Gasteiger charge is 2.09. The van der Waals surface area contributed by atoms with Gasteiger partial charge in [0, 0.05) is 24.4 Å². The number of carbonyl (C=O) groups is 1. The van der Waals surface area contributed by atoms with Crippen LogP contribution in [0.5, 0.6) is 0 Å². The van der Waals surface area contributed by atoms with Crippen LogP contribution >= 0.6 is 0 Å². The lowest BCUT2D eigenvalue weighted by Gasteiger charge is -2.09. The zero-order valence-electron chi connectivity index (χ0n) is 14.2. The molecule has 27 heavy (non-hydrogen) atoms. The van der Waals surface area contributed by atoms with Crippen LogP contribution in [0.2, 0.25) is 0 Å². The lowest BCUT2D eigenvalue weighted by atomic mass is 10.1. The van der Waals surface area contributed by atoms with Crippen molar-refractivity contribution < 1.29 is 18.0 Å². The molecule has 2 N–H and O–H groups in total. The van der Waals surface area contributed by atoms with Gasteiger partial charge in [0.05, 0.1) is 5.69 Å². The summed E-state index contributed by atoms with van der Waals surface area (Å²) in [7, 11) is 0. The van der Waals surface area contributed by atoms with Crippen LogP contribution in [0.4, 0.5) is 24.7 Å². The number of nitrogens with one attached hydrogen (secondary N) is 2. The van der Waals surface area contributed by atoms with E-state index in [4.69, 9.17) is 0 Å². The summed E-state index contributed by atoms with van der Waals surface area (Å²) < 4.78 is 40.2. The van der Waals surface area contributed by atoms with Crippen molar-refractivity contribution in [1.82, 2.24) is 10.3 Å². The second-order valence-electron chi connectivity index (χ2n) is 5.78. The normalized spacial score (nSPS) is 10.5. The summed E-state index contributed by atoms with van der Waals surface area (Å²) in [6, 6.07) is 12.4. The van der Waals surface area contributed by atoms with Crippen LogP contribution in [0.25, 0.3) is 0 Å². The first-order valence-electron chi connectivity index (χ1n) is 8.22. The van der Waals surface area contributed by atoms with Crippen molar-refractivity contribution in [2.45, 2.75) is 6.42 Å². The SMILES string of the molecule is O=C(NCCc1ccccc1F)c1ccnc(Nc2ccc(F)cc2F)c1. The molecule has 0 bridgehead atoms. The summed E-state index contributed by atoms with van der Waals surface area (Å²) in [6.45, 7) is 0.261. The number of hydrogen-bond acceptors (Lipinski definition) is 3. The van der Waals surface area contributed by atoms with Crippen LogP contribution in [0.3, 0.4) is 0 Å². The molecule has 0 atom stereocenters. The summed E-state index contributed by atoms with van der Waals surface area (Å²) in [5, 5.41) is 5.40. The molecule has 0 aliphatic heterocycles. The van der Waals surface area contributed by atoms with Gasteiger partial charge in [-0.1, -0.05) is 18.2 Å². The number of benzene rings is 2. The van der Waals surface area contributed by atoms with Crippen LogP contribution in [0, 0.1) is 17.5 Å². The van der Waals surface area contributed by atoms with Crippen molar-refractivity contribution in [3.63, 3.8) is 0 Å². The van der Waals surface area contributed by atoms with Gasteiger partial charge in [0.25, 0.3) is 5.91 Å². The molecule has 1 heterocycles. The van der Waals surface area contributed by atoms with Crippen molar-refractivity contribution in [1.29, 1.82) is 0 Å². The third-order valence-electron chi connectivity index (χ3n) is 3.85. The average molecular weight is 371 g/mol. The second kappa shape index (κ2) is 8.35. The molecule has 1 amide bonds. The zero-order valence-corrected chi connectivity index (χ0v) is 14.2. The Labute approximate surface area is 154 Å². The highest BCUT2D eigenvalue weighted by atomic mass is 19.1. The molecule has 0 unspecified atom stereocenters. The minimum atomic E-state index is -0.767. The molecule has 0 aliphatic carbocycles. The van der Waals surface area contributed by atoms with E-state index < -0.39 is 11.6 Å². The number of amides is 1. The smallest absolute Gasteiger partial charge is 0.251 e. The molecule has 4 nitrogen and oxygen atoms in total. The maximum Gasteiger partial charge on any atom is 0.251 e. The van der Waals surface area contributed by atoms with Crippen LogP contribution in [0.15, 0.2) is 60.8 Å². The van der Waals surface area contributed by atoms with Gasteiger partial charge in [-0.2, -0.15) is 0 Å². The summed E-state index contributed by atoms with van der Waals surface area (Å²) >= 11 is 0. The van der Waals surface area contributed by atoms with Crippen molar-refractivity contribution in [3.05, 3.63) is 89.4 Å². The van der Waals surface area contributed by atoms with Crippen molar-refractivity contribution in [3.8, 4) is 0 Å². The lowest BCUT2D eigenvalue weighted by molar-refractivity contribution is 0.0954. The monoisotopic (exact) mass is 371 g/mol. The Kier molecular flexibility index (Phi) is 5.71. The molecule has 0 spiro atoms. The molecular weight excluding hydrogens is 355 g/mol. The van der Waals surface area contributed by atoms with Crippen LogP contribution in [0.1, 0.15) is 15.9 Å². The number of nitrogens with zero attached hydrogens (tertiary/aromatic N) is 1. The van der Waals surface area contributed by atoms with E-state index in [0.717, 1.165) is 12.1 Å². The Morgan fingerprint density at radius 1 is 0.963 bits per heavy atom. The van der Waals surface area contributed by atoms with Gasteiger partial charge in [0.1, 0.15) is 23.3 Å². The predicted octanol–water partition coefficient (Wildman–Crippen LogP) is 4.22. The van der Waals surface area contributed by atoms with Gasteiger partial charge in [-0.15, -0.1) is 0 Å². The van der Waals surface area contributed by atoms with Crippen molar-refractivity contribution in [2.75, 3.05) is 11.9 Å². The zero-order chi connectivity index (χ0) is 19.2. The van der Waals surface area contributed by atoms with E-state index in [1.54, 1.807) is 18.2 Å². The molecule has 3 rings (SSSR count). The van der Waals surface area contributed by atoms with Gasteiger partial charge in [0.2, 0.25) is 0 Å². The largest absolute Gasteiger partial charge is 0.352 e. The molecule has 7 heteroatoms. The average Bonchev–Trinajstić information content (AvgIpc) is 2.66. The fourth-order valence-electron chi connectivity index (χ4n) is 2.48. The molecule has 138 valence electrons. The molecule has 0 aliphatic rings. The van der Waals surface area contributed by atoms with Gasteiger partial charge in [0.15, 0.2) is 0 Å². The molecule has 0 saturated carbocycles. The van der Waals surface area contributed by atoms with Gasteiger partial charge in [-0.05, 0) is 42.3 Å². The maximum atomic E-state index is 13.7. The third-order valence-corrected chi connectivity index (χ3v) is 3.85. The van der Waals surface area contributed by atoms with Gasteiger partial charge < -0.3 is 10.6 Å². The Hall–Kier alpha value is -3.35. The van der Waals surface area contributed by atoms with Crippen molar-refractivity contribution in [2.24, 2.45) is 0 Å². The Morgan fingerprint density at radius 3 is 2.56 bits per heavy atom. The summed E-state index contributed by atoms with van der Waals surface area (Å²) in [5.41, 5.74) is 0.867. The number of rotatable bonds is 6. The van der Waals surface area contributed by atoms with Crippen LogP contribution < -0.4 is 10.6 Å². The first kappa shape index (κ1) is 18.4.